The zero-order chi connectivity index (χ0) is 14.4. The van der Waals surface area contributed by atoms with Crippen LogP contribution in [0.25, 0.3) is 0 Å². The summed E-state index contributed by atoms with van der Waals surface area (Å²) < 4.78 is 0. The van der Waals surface area contributed by atoms with Gasteiger partial charge in [0.15, 0.2) is 0 Å². The van der Waals surface area contributed by atoms with Crippen LogP contribution in [0.2, 0.25) is 0 Å². The predicted molar refractivity (Wildman–Crippen MR) is 84.2 cm³/mol. The summed E-state index contributed by atoms with van der Waals surface area (Å²) in [5.74, 6) is 0. The van der Waals surface area contributed by atoms with Crippen LogP contribution in [0.15, 0.2) is 30.3 Å². The Morgan fingerprint density at radius 1 is 1.25 bits per heavy atom. The maximum absolute atomic E-state index is 9.87. The van der Waals surface area contributed by atoms with E-state index in [1.807, 2.05) is 19.0 Å². The van der Waals surface area contributed by atoms with Gasteiger partial charge in [-0.05, 0) is 39.1 Å². The summed E-state index contributed by atoms with van der Waals surface area (Å²) in [4.78, 5) is 4.46. The second kappa shape index (κ2) is 7.62. The molecule has 1 aromatic carbocycles. The predicted octanol–water partition coefficient (Wildman–Crippen LogP) is 1.17. The van der Waals surface area contributed by atoms with Gasteiger partial charge in [-0.1, -0.05) is 18.2 Å². The molecule has 0 radical (unpaired) electrons. The number of nitrogens with one attached hydrogen (secondary N) is 1. The summed E-state index contributed by atoms with van der Waals surface area (Å²) >= 11 is 0. The Bertz CT molecular complexity index is 375. The Morgan fingerprint density at radius 3 is 2.50 bits per heavy atom. The Balaban J connectivity index is 1.69. The maximum atomic E-state index is 9.87. The van der Waals surface area contributed by atoms with Crippen molar-refractivity contribution in [2.45, 2.75) is 25.0 Å². The minimum absolute atomic E-state index is 0.280. The lowest BCUT2D eigenvalue weighted by Crippen LogP contribution is -2.46. The third kappa shape index (κ3) is 4.78. The second-order valence-electron chi connectivity index (χ2n) is 5.92. The number of aliphatic hydroxyl groups is 1. The number of likely N-dealkylation sites (N-methyl/N-ethyl adjacent to an activating group) is 1. The molecule has 0 aliphatic carbocycles. The molecule has 1 unspecified atom stereocenters. The van der Waals surface area contributed by atoms with Crippen molar-refractivity contribution < 1.29 is 5.11 Å². The molecule has 0 spiro atoms. The van der Waals surface area contributed by atoms with Gasteiger partial charge in [0.2, 0.25) is 0 Å². The Hall–Kier alpha value is -1.10. The number of anilines is 1. The fourth-order valence-electron chi connectivity index (χ4n) is 2.77. The summed E-state index contributed by atoms with van der Waals surface area (Å²) in [6.45, 7) is 3.58. The third-order valence-electron chi connectivity index (χ3n) is 3.83. The Kier molecular flexibility index (Phi) is 5.83. The smallest absolute Gasteiger partial charge is 0.0791 e. The van der Waals surface area contributed by atoms with E-state index in [4.69, 9.17) is 0 Å². The quantitative estimate of drug-likeness (QED) is 0.819. The highest BCUT2D eigenvalue weighted by molar-refractivity contribution is 5.46. The van der Waals surface area contributed by atoms with Gasteiger partial charge in [-0.15, -0.1) is 0 Å². The van der Waals surface area contributed by atoms with Crippen molar-refractivity contribution >= 4 is 5.69 Å². The van der Waals surface area contributed by atoms with Gasteiger partial charge in [-0.25, -0.2) is 0 Å². The zero-order valence-electron chi connectivity index (χ0n) is 12.6. The first-order chi connectivity index (χ1) is 9.65. The van der Waals surface area contributed by atoms with Crippen molar-refractivity contribution in [2.75, 3.05) is 45.2 Å². The molecule has 1 aromatic rings. The normalized spacial score (nSPS) is 18.5. The molecule has 2 rings (SSSR count). The molecular weight excluding hydrogens is 250 g/mol. The molecule has 2 N–H and O–H groups in total. The summed E-state index contributed by atoms with van der Waals surface area (Å²) in [5.41, 5.74) is 1.32. The maximum Gasteiger partial charge on any atom is 0.0791 e. The van der Waals surface area contributed by atoms with Crippen molar-refractivity contribution in [3.63, 3.8) is 0 Å². The Morgan fingerprint density at radius 2 is 1.90 bits per heavy atom. The van der Waals surface area contributed by atoms with Gasteiger partial charge in [-0.3, -0.25) is 0 Å². The Labute approximate surface area is 122 Å². The van der Waals surface area contributed by atoms with E-state index in [-0.39, 0.29) is 6.10 Å². The number of rotatable bonds is 6. The van der Waals surface area contributed by atoms with E-state index in [9.17, 15) is 5.11 Å². The molecule has 0 saturated carbocycles. The van der Waals surface area contributed by atoms with Crippen LogP contribution in [-0.4, -0.2) is 62.4 Å². The molecule has 0 amide bonds. The first-order valence-corrected chi connectivity index (χ1v) is 7.51. The first-order valence-electron chi connectivity index (χ1n) is 7.51. The van der Waals surface area contributed by atoms with Gasteiger partial charge in [0.1, 0.15) is 0 Å². The van der Waals surface area contributed by atoms with Crippen LogP contribution in [0.5, 0.6) is 0 Å². The van der Waals surface area contributed by atoms with Gasteiger partial charge < -0.3 is 20.2 Å². The van der Waals surface area contributed by atoms with E-state index in [1.165, 1.54) is 5.69 Å². The molecule has 112 valence electrons. The molecule has 4 heteroatoms. The average Bonchev–Trinajstić information content (AvgIpc) is 2.46. The monoisotopic (exact) mass is 277 g/mol. The number of aliphatic hydroxyl groups excluding tert-OH is 1. The van der Waals surface area contributed by atoms with Crippen LogP contribution < -0.4 is 10.2 Å². The number of hydrogen-bond acceptors (Lipinski definition) is 4. The van der Waals surface area contributed by atoms with Gasteiger partial charge in [0, 0.05) is 37.9 Å². The van der Waals surface area contributed by atoms with Gasteiger partial charge in [0.05, 0.1) is 6.10 Å². The zero-order valence-corrected chi connectivity index (χ0v) is 12.6. The molecule has 20 heavy (non-hydrogen) atoms. The molecule has 1 aliphatic rings. The lowest BCUT2D eigenvalue weighted by atomic mass is 10.0. The minimum Gasteiger partial charge on any atom is -0.390 e. The number of piperidine rings is 1. The SMILES string of the molecule is CN(C)CC(O)CNC1CCN(c2ccccc2)CC1. The summed E-state index contributed by atoms with van der Waals surface area (Å²) in [5, 5.41) is 13.4. The van der Waals surface area contributed by atoms with Crippen molar-refractivity contribution in [3.8, 4) is 0 Å². The van der Waals surface area contributed by atoms with Crippen molar-refractivity contribution in [3.05, 3.63) is 30.3 Å². The molecule has 1 atom stereocenters. The summed E-state index contributed by atoms with van der Waals surface area (Å²) in [6.07, 6.45) is 2.00. The van der Waals surface area contributed by atoms with Gasteiger partial charge in [-0.2, -0.15) is 0 Å². The lowest BCUT2D eigenvalue weighted by molar-refractivity contribution is 0.130. The van der Waals surface area contributed by atoms with Gasteiger partial charge >= 0.3 is 0 Å². The lowest BCUT2D eigenvalue weighted by Gasteiger charge is -2.34. The van der Waals surface area contributed by atoms with Gasteiger partial charge in [0.25, 0.3) is 0 Å². The van der Waals surface area contributed by atoms with Crippen LogP contribution in [0.1, 0.15) is 12.8 Å². The first kappa shape index (κ1) is 15.3. The largest absolute Gasteiger partial charge is 0.390 e. The number of nitrogens with zero attached hydrogens (tertiary/aromatic N) is 2. The van der Waals surface area contributed by atoms with Crippen molar-refractivity contribution in [1.29, 1.82) is 0 Å². The third-order valence-corrected chi connectivity index (χ3v) is 3.83. The number of hydrogen-bond donors (Lipinski definition) is 2. The molecule has 1 saturated heterocycles. The molecule has 1 fully saturated rings. The van der Waals surface area contributed by atoms with E-state index in [1.54, 1.807) is 0 Å². The summed E-state index contributed by atoms with van der Waals surface area (Å²) in [7, 11) is 3.98. The number of benzene rings is 1. The molecule has 1 heterocycles. The van der Waals surface area contributed by atoms with Crippen molar-refractivity contribution in [1.82, 2.24) is 10.2 Å². The van der Waals surface area contributed by atoms with Crippen LogP contribution >= 0.6 is 0 Å². The van der Waals surface area contributed by atoms with Crippen LogP contribution in [0.3, 0.4) is 0 Å². The second-order valence-corrected chi connectivity index (χ2v) is 5.92. The van der Waals surface area contributed by atoms with E-state index in [0.29, 0.717) is 12.6 Å². The molecule has 0 aromatic heterocycles. The number of para-hydroxylation sites is 1. The molecule has 0 bridgehead atoms. The fourth-order valence-corrected chi connectivity index (χ4v) is 2.77. The van der Waals surface area contributed by atoms with E-state index in [0.717, 1.165) is 32.5 Å². The van der Waals surface area contributed by atoms with E-state index in [2.05, 4.69) is 40.5 Å². The highest BCUT2D eigenvalue weighted by Crippen LogP contribution is 2.19. The van der Waals surface area contributed by atoms with Crippen LogP contribution in [0, 0.1) is 0 Å². The minimum atomic E-state index is -0.280. The van der Waals surface area contributed by atoms with Crippen LogP contribution in [0.4, 0.5) is 5.69 Å². The highest BCUT2D eigenvalue weighted by atomic mass is 16.3. The summed E-state index contributed by atoms with van der Waals surface area (Å²) in [6, 6.07) is 11.1. The molecular formula is C16H27N3O. The van der Waals surface area contributed by atoms with E-state index < -0.39 is 0 Å². The fraction of sp³-hybridized carbons (Fsp3) is 0.625. The average molecular weight is 277 g/mol. The highest BCUT2D eigenvalue weighted by Gasteiger charge is 2.19. The standard InChI is InChI=1S/C16H27N3O/c1-18(2)13-16(20)12-17-14-8-10-19(11-9-14)15-6-4-3-5-7-15/h3-7,14,16-17,20H,8-13H2,1-2H3. The van der Waals surface area contributed by atoms with Crippen molar-refractivity contribution in [2.24, 2.45) is 0 Å². The molecule has 4 nitrogen and oxygen atoms in total. The topological polar surface area (TPSA) is 38.7 Å². The van der Waals surface area contributed by atoms with E-state index >= 15 is 0 Å². The molecule has 1 aliphatic heterocycles. The van der Waals surface area contributed by atoms with Crippen LogP contribution in [-0.2, 0) is 0 Å².